The second kappa shape index (κ2) is 6.47. The zero-order chi connectivity index (χ0) is 11.9. The highest BCUT2D eigenvalue weighted by molar-refractivity contribution is 5.95. The van der Waals surface area contributed by atoms with Gasteiger partial charge in [-0.15, -0.1) is 0 Å². The number of pyridine rings is 1. The Morgan fingerprint density at radius 1 is 1.53 bits per heavy atom. The van der Waals surface area contributed by atoms with E-state index >= 15 is 0 Å². The zero-order valence-electron chi connectivity index (χ0n) is 9.89. The van der Waals surface area contributed by atoms with Crippen molar-refractivity contribution in [3.8, 4) is 0 Å². The smallest absolute Gasteiger partial charge is 0.206 e. The first-order valence-electron chi connectivity index (χ1n) is 6.09. The topological polar surface area (TPSA) is 51.2 Å². The Labute approximate surface area is 101 Å². The van der Waals surface area contributed by atoms with E-state index in [9.17, 15) is 4.79 Å². The Kier molecular flexibility index (Phi) is 4.64. The lowest BCUT2D eigenvalue weighted by Gasteiger charge is -2.22. The number of piperidine rings is 1. The molecule has 1 aliphatic rings. The van der Waals surface area contributed by atoms with Crippen LogP contribution in [0.4, 0.5) is 0 Å². The van der Waals surface area contributed by atoms with Crippen molar-refractivity contribution >= 4 is 5.78 Å². The zero-order valence-corrected chi connectivity index (χ0v) is 9.89. The molecular weight excluding hydrogens is 216 g/mol. The first-order valence-corrected chi connectivity index (χ1v) is 6.09. The van der Waals surface area contributed by atoms with E-state index in [0.717, 1.165) is 13.1 Å². The molecule has 2 heterocycles. The molecule has 0 bridgehead atoms. The number of hydrogen-bond acceptors (Lipinski definition) is 4. The number of nitrogens with one attached hydrogen (secondary N) is 1. The number of rotatable bonds is 5. The minimum absolute atomic E-state index is 0.0469. The van der Waals surface area contributed by atoms with Crippen molar-refractivity contribution in [2.24, 2.45) is 5.92 Å². The summed E-state index contributed by atoms with van der Waals surface area (Å²) in [6.07, 6.45) is 4.01. The Morgan fingerprint density at radius 3 is 3.18 bits per heavy atom. The Hall–Kier alpha value is -1.26. The van der Waals surface area contributed by atoms with Crippen LogP contribution in [-0.4, -0.2) is 37.1 Å². The van der Waals surface area contributed by atoms with Crippen LogP contribution in [0.15, 0.2) is 24.4 Å². The normalized spacial score (nSPS) is 20.1. The molecule has 4 heteroatoms. The largest absolute Gasteiger partial charge is 0.373 e. The molecule has 17 heavy (non-hydrogen) atoms. The van der Waals surface area contributed by atoms with Crippen molar-refractivity contribution in [3.63, 3.8) is 0 Å². The highest BCUT2D eigenvalue weighted by atomic mass is 16.5. The van der Waals surface area contributed by atoms with Gasteiger partial charge in [-0.25, -0.2) is 0 Å². The molecule has 1 atom stereocenters. The molecule has 1 aliphatic heterocycles. The molecule has 4 nitrogen and oxygen atoms in total. The van der Waals surface area contributed by atoms with Crippen LogP contribution in [0.25, 0.3) is 0 Å². The Morgan fingerprint density at radius 2 is 2.47 bits per heavy atom. The predicted molar refractivity (Wildman–Crippen MR) is 65.0 cm³/mol. The predicted octanol–water partition coefficient (Wildman–Crippen LogP) is 1.28. The fraction of sp³-hybridized carbons (Fsp3) is 0.538. The molecule has 0 amide bonds. The first kappa shape index (κ1) is 12.2. The number of Topliss-reactive ketones (excluding diaryl/α,β-unsaturated/α-hetero) is 1. The average Bonchev–Trinajstić information content (AvgIpc) is 2.41. The van der Waals surface area contributed by atoms with Crippen LogP contribution in [0.1, 0.15) is 23.3 Å². The van der Waals surface area contributed by atoms with Crippen molar-refractivity contribution in [2.75, 3.05) is 26.3 Å². The van der Waals surface area contributed by atoms with E-state index in [1.54, 1.807) is 18.3 Å². The van der Waals surface area contributed by atoms with Crippen LogP contribution in [0.2, 0.25) is 0 Å². The Balaban J connectivity index is 1.69. The van der Waals surface area contributed by atoms with Gasteiger partial charge in [0.1, 0.15) is 12.3 Å². The minimum atomic E-state index is -0.0469. The standard InChI is InChI=1S/C13H18N2O2/c16-13(12-5-1-2-7-15-12)10-17-9-11-4-3-6-14-8-11/h1-2,5,7,11,14H,3-4,6,8-10H2/t11-/m0/s1. The third-order valence-electron chi connectivity index (χ3n) is 2.94. The summed E-state index contributed by atoms with van der Waals surface area (Å²) >= 11 is 0. The molecule has 0 aromatic carbocycles. The third-order valence-corrected chi connectivity index (χ3v) is 2.94. The van der Waals surface area contributed by atoms with Gasteiger partial charge >= 0.3 is 0 Å². The lowest BCUT2D eigenvalue weighted by molar-refractivity contribution is 0.0641. The summed E-state index contributed by atoms with van der Waals surface area (Å²) in [7, 11) is 0. The average molecular weight is 234 g/mol. The summed E-state index contributed by atoms with van der Waals surface area (Å²) in [6.45, 7) is 2.89. The number of hydrogen-bond donors (Lipinski definition) is 1. The van der Waals surface area contributed by atoms with Gasteiger partial charge in [0.2, 0.25) is 5.78 Å². The van der Waals surface area contributed by atoms with Crippen LogP contribution < -0.4 is 5.32 Å². The lowest BCUT2D eigenvalue weighted by atomic mass is 10.0. The molecule has 2 rings (SSSR count). The van der Waals surface area contributed by atoms with Gasteiger partial charge in [-0.3, -0.25) is 9.78 Å². The monoisotopic (exact) mass is 234 g/mol. The van der Waals surface area contributed by atoms with Crippen molar-refractivity contribution in [3.05, 3.63) is 30.1 Å². The van der Waals surface area contributed by atoms with Crippen LogP contribution >= 0.6 is 0 Å². The van der Waals surface area contributed by atoms with E-state index in [4.69, 9.17) is 4.74 Å². The maximum atomic E-state index is 11.7. The highest BCUT2D eigenvalue weighted by Crippen LogP contribution is 2.10. The van der Waals surface area contributed by atoms with E-state index in [1.807, 2.05) is 6.07 Å². The van der Waals surface area contributed by atoms with Gasteiger partial charge < -0.3 is 10.1 Å². The van der Waals surface area contributed by atoms with E-state index in [0.29, 0.717) is 18.2 Å². The fourth-order valence-corrected chi connectivity index (χ4v) is 1.99. The van der Waals surface area contributed by atoms with Crippen LogP contribution in [-0.2, 0) is 4.74 Å². The van der Waals surface area contributed by atoms with E-state index in [-0.39, 0.29) is 12.4 Å². The maximum absolute atomic E-state index is 11.7. The lowest BCUT2D eigenvalue weighted by Crippen LogP contribution is -2.32. The SMILES string of the molecule is O=C(COC[C@H]1CCCNC1)c1ccccn1. The number of ketones is 1. The fourth-order valence-electron chi connectivity index (χ4n) is 1.99. The molecule has 1 aromatic rings. The quantitative estimate of drug-likeness (QED) is 0.780. The van der Waals surface area contributed by atoms with E-state index in [1.165, 1.54) is 12.8 Å². The number of carbonyl (C=O) groups is 1. The molecule has 0 unspecified atom stereocenters. The molecule has 0 saturated carbocycles. The molecule has 1 saturated heterocycles. The molecule has 92 valence electrons. The van der Waals surface area contributed by atoms with Gasteiger partial charge in [0.05, 0.1) is 6.61 Å². The molecule has 1 aromatic heterocycles. The van der Waals surface area contributed by atoms with Gasteiger partial charge in [0.15, 0.2) is 0 Å². The van der Waals surface area contributed by atoms with E-state index in [2.05, 4.69) is 10.3 Å². The molecule has 0 radical (unpaired) electrons. The van der Waals surface area contributed by atoms with Gasteiger partial charge in [-0.05, 0) is 37.4 Å². The van der Waals surface area contributed by atoms with Crippen LogP contribution in [0, 0.1) is 5.92 Å². The summed E-state index contributed by atoms with van der Waals surface area (Å²) in [5, 5.41) is 3.33. The Bertz CT molecular complexity index is 348. The molecule has 0 aliphatic carbocycles. The molecule has 1 fully saturated rings. The van der Waals surface area contributed by atoms with Gasteiger partial charge in [0, 0.05) is 12.7 Å². The summed E-state index contributed by atoms with van der Waals surface area (Å²) in [5.41, 5.74) is 0.481. The molecule has 1 N–H and O–H groups in total. The van der Waals surface area contributed by atoms with Crippen LogP contribution in [0.3, 0.4) is 0 Å². The van der Waals surface area contributed by atoms with Gasteiger partial charge in [-0.2, -0.15) is 0 Å². The van der Waals surface area contributed by atoms with Gasteiger partial charge in [0.25, 0.3) is 0 Å². The second-order valence-corrected chi connectivity index (χ2v) is 4.37. The highest BCUT2D eigenvalue weighted by Gasteiger charge is 2.14. The maximum Gasteiger partial charge on any atom is 0.206 e. The number of nitrogens with zero attached hydrogens (tertiary/aromatic N) is 1. The third kappa shape index (κ3) is 3.91. The van der Waals surface area contributed by atoms with Gasteiger partial charge in [-0.1, -0.05) is 6.07 Å². The number of ether oxygens (including phenoxy) is 1. The van der Waals surface area contributed by atoms with Crippen molar-refractivity contribution in [1.29, 1.82) is 0 Å². The summed E-state index contributed by atoms with van der Waals surface area (Å²) < 4.78 is 5.46. The van der Waals surface area contributed by atoms with E-state index < -0.39 is 0 Å². The summed E-state index contributed by atoms with van der Waals surface area (Å²) in [6, 6.07) is 5.32. The van der Waals surface area contributed by atoms with Crippen molar-refractivity contribution in [2.45, 2.75) is 12.8 Å². The first-order chi connectivity index (χ1) is 8.36. The summed E-state index contributed by atoms with van der Waals surface area (Å²) in [4.78, 5) is 15.7. The van der Waals surface area contributed by atoms with Crippen molar-refractivity contribution < 1.29 is 9.53 Å². The summed E-state index contributed by atoms with van der Waals surface area (Å²) in [5.74, 6) is 0.495. The minimum Gasteiger partial charge on any atom is -0.373 e. The van der Waals surface area contributed by atoms with Crippen molar-refractivity contribution in [1.82, 2.24) is 10.3 Å². The number of aromatic nitrogens is 1. The number of carbonyl (C=O) groups excluding carboxylic acids is 1. The second-order valence-electron chi connectivity index (χ2n) is 4.37. The molecule has 0 spiro atoms. The van der Waals surface area contributed by atoms with Crippen LogP contribution in [0.5, 0.6) is 0 Å². The molecular formula is C13H18N2O2.